The summed E-state index contributed by atoms with van der Waals surface area (Å²) in [6.45, 7) is 2.58. The monoisotopic (exact) mass is 397 g/mol. The van der Waals surface area contributed by atoms with Crippen molar-refractivity contribution >= 4 is 64.3 Å². The van der Waals surface area contributed by atoms with Crippen LogP contribution >= 0.6 is 0 Å². The average Bonchev–Trinajstić information content (AvgIpc) is 3.19. The summed E-state index contributed by atoms with van der Waals surface area (Å²) in [5.41, 5.74) is 16.1. The van der Waals surface area contributed by atoms with E-state index in [4.69, 9.17) is 15.7 Å². The van der Waals surface area contributed by atoms with Gasteiger partial charge in [-0.05, 0) is 56.8 Å². The molecule has 0 bridgehead atoms. The Labute approximate surface area is 183 Å². The maximum Gasteiger partial charge on any atom is 0.141 e. The van der Waals surface area contributed by atoms with Crippen LogP contribution in [0.3, 0.4) is 0 Å². The summed E-state index contributed by atoms with van der Waals surface area (Å²) in [5, 5.41) is 0. The number of hydrogen-bond acceptors (Lipinski definition) is 4. The molecule has 30 heavy (non-hydrogen) atoms. The van der Waals surface area contributed by atoms with E-state index in [1.54, 1.807) is 0 Å². The van der Waals surface area contributed by atoms with Gasteiger partial charge in [0.1, 0.15) is 37.2 Å². The molecule has 0 saturated heterocycles. The maximum absolute atomic E-state index is 5.79. The lowest BCUT2D eigenvalue weighted by molar-refractivity contribution is 0.159. The molecular weight excluding hydrogens is 366 g/mol. The molecule has 2 heterocycles. The van der Waals surface area contributed by atoms with Crippen molar-refractivity contribution in [2.75, 3.05) is 13.1 Å². The van der Waals surface area contributed by atoms with Crippen LogP contribution in [0.25, 0.3) is 11.0 Å². The Morgan fingerprint density at radius 1 is 1.10 bits per heavy atom. The van der Waals surface area contributed by atoms with Gasteiger partial charge in [0.15, 0.2) is 0 Å². The Hall–Kier alpha value is -1.98. The number of aromatic amines is 1. The summed E-state index contributed by atoms with van der Waals surface area (Å²) in [4.78, 5) is 16.1. The smallest absolute Gasteiger partial charge is 0.141 e. The summed E-state index contributed by atoms with van der Waals surface area (Å²) >= 11 is 0. The van der Waals surface area contributed by atoms with Gasteiger partial charge in [-0.25, -0.2) is 4.98 Å². The highest BCUT2D eigenvalue weighted by Crippen LogP contribution is 2.33. The standard InChI is InChI=1S/C21H31B4N5/c22-15-16(23)18(25)21-20(17(15)24)28-14(29-21)11-30(10-2-1-8-26)13-7-3-5-12-6-4-9-27-19(12)13/h4,6,9,13H,1-3,5,7-8,10-11,22-26H2,(H,28,29)/t13-/m0/s1. The quantitative estimate of drug-likeness (QED) is 0.323. The van der Waals surface area contributed by atoms with E-state index in [9.17, 15) is 0 Å². The molecular formula is C21H31B4N5. The minimum Gasteiger partial charge on any atom is -0.341 e. The van der Waals surface area contributed by atoms with Gasteiger partial charge in [0.25, 0.3) is 0 Å². The molecule has 0 aliphatic heterocycles. The van der Waals surface area contributed by atoms with Crippen LogP contribution in [0.15, 0.2) is 18.3 Å². The molecule has 1 aromatic carbocycles. The number of imidazole rings is 1. The largest absolute Gasteiger partial charge is 0.341 e. The van der Waals surface area contributed by atoms with Crippen molar-refractivity contribution in [3.05, 3.63) is 35.4 Å². The fourth-order valence-corrected chi connectivity index (χ4v) is 4.90. The Balaban J connectivity index is 1.68. The maximum atomic E-state index is 5.79. The number of benzene rings is 1. The predicted octanol–water partition coefficient (Wildman–Crippen LogP) is -3.39. The topological polar surface area (TPSA) is 70.8 Å². The first-order chi connectivity index (χ1) is 14.5. The number of pyridine rings is 1. The molecule has 0 amide bonds. The predicted molar refractivity (Wildman–Crippen MR) is 137 cm³/mol. The van der Waals surface area contributed by atoms with Gasteiger partial charge in [0.2, 0.25) is 0 Å². The summed E-state index contributed by atoms with van der Waals surface area (Å²) in [6, 6.07) is 4.66. The molecule has 1 aliphatic rings. The molecule has 1 aliphatic carbocycles. The molecule has 9 heteroatoms. The van der Waals surface area contributed by atoms with Crippen molar-refractivity contribution in [3.8, 4) is 0 Å². The number of fused-ring (bicyclic) bond motifs is 2. The zero-order valence-electron chi connectivity index (χ0n) is 18.9. The molecule has 0 radical (unpaired) electrons. The first kappa shape index (κ1) is 21.3. The first-order valence-electron chi connectivity index (χ1n) is 11.3. The van der Waals surface area contributed by atoms with Crippen LogP contribution in [0.4, 0.5) is 0 Å². The van der Waals surface area contributed by atoms with Crippen molar-refractivity contribution in [1.82, 2.24) is 19.9 Å². The SMILES string of the molecule is Bc1c(B)c(B)c2[nH]c(CN(CCCCN)[C@H]3CCCc4cccnc43)nc2c1B. The third-order valence-electron chi connectivity index (χ3n) is 7.03. The fourth-order valence-electron chi connectivity index (χ4n) is 4.90. The average molecular weight is 397 g/mol. The molecule has 1 atom stereocenters. The molecule has 2 aromatic heterocycles. The van der Waals surface area contributed by atoms with E-state index in [1.807, 2.05) is 6.20 Å². The lowest BCUT2D eigenvalue weighted by Crippen LogP contribution is -2.47. The summed E-state index contributed by atoms with van der Waals surface area (Å²) < 4.78 is 0. The fraction of sp³-hybridized carbons (Fsp3) is 0.429. The van der Waals surface area contributed by atoms with Crippen molar-refractivity contribution in [1.29, 1.82) is 0 Å². The number of unbranched alkanes of at least 4 members (excludes halogenated alkanes) is 1. The highest BCUT2D eigenvalue weighted by molar-refractivity contribution is 6.66. The van der Waals surface area contributed by atoms with Crippen molar-refractivity contribution in [3.63, 3.8) is 0 Å². The van der Waals surface area contributed by atoms with Crippen LogP contribution in [0.1, 0.15) is 48.8 Å². The number of H-pyrrole nitrogens is 1. The summed E-state index contributed by atoms with van der Waals surface area (Å²) in [7, 11) is 8.80. The van der Waals surface area contributed by atoms with Gasteiger partial charge >= 0.3 is 0 Å². The van der Waals surface area contributed by atoms with Crippen LogP contribution in [0.2, 0.25) is 0 Å². The number of aryl methyl sites for hydroxylation is 1. The van der Waals surface area contributed by atoms with Gasteiger partial charge < -0.3 is 10.7 Å². The van der Waals surface area contributed by atoms with Gasteiger partial charge in [-0.2, -0.15) is 0 Å². The molecule has 0 spiro atoms. The highest BCUT2D eigenvalue weighted by atomic mass is 15.2. The Kier molecular flexibility index (Phi) is 6.40. The number of nitrogens with two attached hydrogens (primary N) is 1. The van der Waals surface area contributed by atoms with Crippen molar-refractivity contribution in [2.45, 2.75) is 44.7 Å². The Morgan fingerprint density at radius 2 is 1.90 bits per heavy atom. The van der Waals surface area contributed by atoms with Crippen LogP contribution < -0.4 is 27.6 Å². The number of rotatable bonds is 7. The highest BCUT2D eigenvalue weighted by Gasteiger charge is 2.27. The van der Waals surface area contributed by atoms with Gasteiger partial charge in [-0.1, -0.05) is 27.9 Å². The van der Waals surface area contributed by atoms with Crippen LogP contribution in [0, 0.1) is 0 Å². The molecule has 5 nitrogen and oxygen atoms in total. The van der Waals surface area contributed by atoms with E-state index in [0.29, 0.717) is 6.04 Å². The van der Waals surface area contributed by atoms with Gasteiger partial charge in [-0.3, -0.25) is 9.88 Å². The zero-order valence-corrected chi connectivity index (χ0v) is 18.9. The first-order valence-corrected chi connectivity index (χ1v) is 11.3. The molecule has 152 valence electrons. The molecule has 0 unspecified atom stereocenters. The number of nitrogens with zero attached hydrogens (tertiary/aromatic N) is 3. The second-order valence-electron chi connectivity index (χ2n) is 8.83. The van der Waals surface area contributed by atoms with Crippen molar-refractivity contribution in [2.24, 2.45) is 5.73 Å². The van der Waals surface area contributed by atoms with Gasteiger partial charge in [0.05, 0.1) is 29.3 Å². The second-order valence-corrected chi connectivity index (χ2v) is 8.83. The molecule has 0 saturated carbocycles. The molecule has 0 fully saturated rings. The van der Waals surface area contributed by atoms with E-state index in [-0.39, 0.29) is 0 Å². The van der Waals surface area contributed by atoms with Crippen LogP contribution in [-0.4, -0.2) is 64.3 Å². The van der Waals surface area contributed by atoms with E-state index in [2.05, 4.69) is 53.4 Å². The number of aromatic nitrogens is 3. The Morgan fingerprint density at radius 3 is 2.70 bits per heavy atom. The molecule has 3 N–H and O–H groups in total. The van der Waals surface area contributed by atoms with E-state index < -0.39 is 0 Å². The third kappa shape index (κ3) is 3.97. The van der Waals surface area contributed by atoms with Gasteiger partial charge in [-0.15, -0.1) is 0 Å². The summed E-state index contributed by atoms with van der Waals surface area (Å²) in [5.74, 6) is 1.05. The van der Waals surface area contributed by atoms with E-state index >= 15 is 0 Å². The minimum atomic E-state index is 0.353. The lowest BCUT2D eigenvalue weighted by Gasteiger charge is -2.34. The van der Waals surface area contributed by atoms with Gasteiger partial charge in [0, 0.05) is 6.20 Å². The van der Waals surface area contributed by atoms with Crippen LogP contribution in [-0.2, 0) is 13.0 Å². The van der Waals surface area contributed by atoms with Crippen LogP contribution in [0.5, 0.6) is 0 Å². The normalized spacial score (nSPS) is 16.3. The number of hydrogen-bond donors (Lipinski definition) is 2. The van der Waals surface area contributed by atoms with E-state index in [0.717, 1.165) is 56.7 Å². The van der Waals surface area contributed by atoms with Crippen molar-refractivity contribution < 1.29 is 0 Å². The Bertz CT molecular complexity index is 1010. The second kappa shape index (κ2) is 9.03. The lowest BCUT2D eigenvalue weighted by atomic mass is 9.66. The minimum absolute atomic E-state index is 0.353. The molecule has 3 aromatic rings. The summed E-state index contributed by atoms with van der Waals surface area (Å²) in [6.07, 6.45) is 7.60. The zero-order chi connectivity index (χ0) is 21.3. The third-order valence-corrected chi connectivity index (χ3v) is 7.03. The number of nitrogens with one attached hydrogen (secondary N) is 1. The molecule has 4 rings (SSSR count). The van der Waals surface area contributed by atoms with E-state index in [1.165, 1.54) is 45.0 Å².